The van der Waals surface area contributed by atoms with E-state index >= 15 is 0 Å². The quantitative estimate of drug-likeness (QED) is 0.520. The van der Waals surface area contributed by atoms with E-state index in [-0.39, 0.29) is 12.2 Å². The summed E-state index contributed by atoms with van der Waals surface area (Å²) in [5, 5.41) is 9.35. The van der Waals surface area contributed by atoms with Crippen LogP contribution >= 0.6 is 0 Å². The SMILES string of the molecule is COC(=O)Cc1c(N)cccc1O. The van der Waals surface area contributed by atoms with Crippen LogP contribution in [0.1, 0.15) is 5.56 Å². The van der Waals surface area contributed by atoms with Gasteiger partial charge in [-0.1, -0.05) is 6.07 Å². The topological polar surface area (TPSA) is 72.5 Å². The molecule has 0 saturated heterocycles. The molecule has 1 rings (SSSR count). The number of nitrogen functional groups attached to an aromatic ring is 1. The van der Waals surface area contributed by atoms with Crippen LogP contribution in [0.5, 0.6) is 5.75 Å². The predicted molar refractivity (Wildman–Crippen MR) is 48.2 cm³/mol. The van der Waals surface area contributed by atoms with Crippen molar-refractivity contribution in [3.8, 4) is 5.75 Å². The van der Waals surface area contributed by atoms with Crippen LogP contribution in [0, 0.1) is 0 Å². The third-order valence-electron chi connectivity index (χ3n) is 1.74. The van der Waals surface area contributed by atoms with Crippen molar-refractivity contribution >= 4 is 11.7 Å². The summed E-state index contributed by atoms with van der Waals surface area (Å²) < 4.78 is 4.46. The number of nitrogens with two attached hydrogens (primary N) is 1. The number of esters is 1. The van der Waals surface area contributed by atoms with Gasteiger partial charge in [-0.3, -0.25) is 4.79 Å². The molecule has 0 aliphatic heterocycles. The lowest BCUT2D eigenvalue weighted by atomic mass is 10.1. The van der Waals surface area contributed by atoms with Gasteiger partial charge in [-0.25, -0.2) is 0 Å². The first kappa shape index (κ1) is 9.38. The van der Waals surface area contributed by atoms with Crippen molar-refractivity contribution in [3.63, 3.8) is 0 Å². The smallest absolute Gasteiger partial charge is 0.310 e. The lowest BCUT2D eigenvalue weighted by Crippen LogP contribution is -2.06. The van der Waals surface area contributed by atoms with E-state index in [1.807, 2.05) is 0 Å². The Morgan fingerprint density at radius 1 is 1.62 bits per heavy atom. The van der Waals surface area contributed by atoms with Gasteiger partial charge in [-0.2, -0.15) is 0 Å². The minimum absolute atomic E-state index is 0.00495. The highest BCUT2D eigenvalue weighted by Crippen LogP contribution is 2.23. The van der Waals surface area contributed by atoms with Gasteiger partial charge in [0.05, 0.1) is 13.5 Å². The van der Waals surface area contributed by atoms with Crippen molar-refractivity contribution in [1.29, 1.82) is 0 Å². The van der Waals surface area contributed by atoms with Gasteiger partial charge in [0.25, 0.3) is 0 Å². The second-order valence-electron chi connectivity index (χ2n) is 2.60. The third kappa shape index (κ3) is 2.11. The first-order valence-electron chi connectivity index (χ1n) is 3.78. The number of benzene rings is 1. The van der Waals surface area contributed by atoms with E-state index in [1.165, 1.54) is 13.2 Å². The lowest BCUT2D eigenvalue weighted by molar-refractivity contribution is -0.139. The minimum atomic E-state index is -0.423. The highest BCUT2D eigenvalue weighted by molar-refractivity contribution is 5.76. The summed E-state index contributed by atoms with van der Waals surface area (Å²) in [5.74, 6) is -0.404. The molecule has 1 aromatic carbocycles. The summed E-state index contributed by atoms with van der Waals surface area (Å²) in [6.07, 6.45) is -0.00495. The molecule has 0 fully saturated rings. The Morgan fingerprint density at radius 3 is 2.85 bits per heavy atom. The number of anilines is 1. The number of carbonyl (C=O) groups excluding carboxylic acids is 1. The van der Waals surface area contributed by atoms with Gasteiger partial charge in [0.15, 0.2) is 0 Å². The molecule has 1 aromatic rings. The summed E-state index contributed by atoms with van der Waals surface area (Å²) in [6.45, 7) is 0. The highest BCUT2D eigenvalue weighted by Gasteiger charge is 2.10. The Bertz CT molecular complexity index is 302. The van der Waals surface area contributed by atoms with Crippen molar-refractivity contribution in [3.05, 3.63) is 23.8 Å². The first-order valence-corrected chi connectivity index (χ1v) is 3.78. The zero-order valence-electron chi connectivity index (χ0n) is 7.28. The maximum atomic E-state index is 10.9. The molecule has 4 heteroatoms. The van der Waals surface area contributed by atoms with Gasteiger partial charge in [0.1, 0.15) is 5.75 Å². The van der Waals surface area contributed by atoms with Gasteiger partial charge in [0, 0.05) is 11.3 Å². The number of aromatic hydroxyl groups is 1. The minimum Gasteiger partial charge on any atom is -0.508 e. The van der Waals surface area contributed by atoms with Crippen LogP contribution in [-0.4, -0.2) is 18.2 Å². The predicted octanol–water partition coefficient (Wildman–Crippen LogP) is 0.690. The summed E-state index contributed by atoms with van der Waals surface area (Å²) in [4.78, 5) is 10.9. The van der Waals surface area contributed by atoms with Crippen LogP contribution in [0.2, 0.25) is 0 Å². The number of phenolic OH excluding ortho intramolecular Hbond substituents is 1. The van der Waals surface area contributed by atoms with Crippen LogP contribution in [0.3, 0.4) is 0 Å². The Morgan fingerprint density at radius 2 is 2.31 bits per heavy atom. The Kier molecular flexibility index (Phi) is 2.74. The van der Waals surface area contributed by atoms with Crippen molar-refractivity contribution in [2.75, 3.05) is 12.8 Å². The van der Waals surface area contributed by atoms with Crippen LogP contribution in [0.4, 0.5) is 5.69 Å². The van der Waals surface area contributed by atoms with Gasteiger partial charge in [-0.05, 0) is 12.1 Å². The van der Waals surface area contributed by atoms with E-state index in [0.717, 1.165) is 0 Å². The highest BCUT2D eigenvalue weighted by atomic mass is 16.5. The van der Waals surface area contributed by atoms with Crippen LogP contribution in [-0.2, 0) is 16.0 Å². The number of methoxy groups -OCH3 is 1. The van der Waals surface area contributed by atoms with Crippen molar-refractivity contribution < 1.29 is 14.6 Å². The fourth-order valence-electron chi connectivity index (χ4n) is 1.00. The largest absolute Gasteiger partial charge is 0.508 e. The molecule has 0 spiro atoms. The van der Waals surface area contributed by atoms with Crippen LogP contribution in [0.25, 0.3) is 0 Å². The molecule has 4 nitrogen and oxygen atoms in total. The van der Waals surface area contributed by atoms with Crippen molar-refractivity contribution in [2.24, 2.45) is 0 Å². The molecule has 0 atom stereocenters. The molecule has 0 unspecified atom stereocenters. The molecular formula is C9H11NO3. The molecule has 70 valence electrons. The molecule has 0 aliphatic rings. The van der Waals surface area contributed by atoms with E-state index in [9.17, 15) is 9.90 Å². The second kappa shape index (κ2) is 3.80. The van der Waals surface area contributed by atoms with Gasteiger partial charge in [0.2, 0.25) is 0 Å². The summed E-state index contributed by atoms with van der Waals surface area (Å²) in [7, 11) is 1.29. The van der Waals surface area contributed by atoms with E-state index < -0.39 is 5.97 Å². The Hall–Kier alpha value is -1.71. The van der Waals surface area contributed by atoms with Gasteiger partial charge >= 0.3 is 5.97 Å². The average Bonchev–Trinajstić information content (AvgIpc) is 2.11. The number of hydrogen-bond donors (Lipinski definition) is 2. The van der Waals surface area contributed by atoms with E-state index in [1.54, 1.807) is 12.1 Å². The fourth-order valence-corrected chi connectivity index (χ4v) is 1.00. The molecule has 0 heterocycles. The molecule has 3 N–H and O–H groups in total. The number of phenols is 1. The normalized spacial score (nSPS) is 9.62. The number of carbonyl (C=O) groups is 1. The number of ether oxygens (including phenoxy) is 1. The molecule has 13 heavy (non-hydrogen) atoms. The van der Waals surface area contributed by atoms with Crippen molar-refractivity contribution in [2.45, 2.75) is 6.42 Å². The zero-order chi connectivity index (χ0) is 9.84. The monoisotopic (exact) mass is 181 g/mol. The van der Waals surface area contributed by atoms with E-state index in [0.29, 0.717) is 11.3 Å². The molecular weight excluding hydrogens is 170 g/mol. The van der Waals surface area contributed by atoms with Crippen LogP contribution in [0.15, 0.2) is 18.2 Å². The molecule has 0 bridgehead atoms. The summed E-state index contributed by atoms with van der Waals surface area (Å²) in [6, 6.07) is 4.72. The molecule has 0 aromatic heterocycles. The second-order valence-corrected chi connectivity index (χ2v) is 2.60. The maximum Gasteiger partial charge on any atom is 0.310 e. The molecule has 0 radical (unpaired) electrons. The summed E-state index contributed by atoms with van der Waals surface area (Å²) >= 11 is 0. The van der Waals surface area contributed by atoms with Gasteiger partial charge < -0.3 is 15.6 Å². The zero-order valence-corrected chi connectivity index (χ0v) is 7.28. The van der Waals surface area contributed by atoms with Gasteiger partial charge in [-0.15, -0.1) is 0 Å². The fraction of sp³-hybridized carbons (Fsp3) is 0.222. The first-order chi connectivity index (χ1) is 6.15. The average molecular weight is 181 g/mol. The summed E-state index contributed by atoms with van der Waals surface area (Å²) in [5.41, 5.74) is 6.36. The van der Waals surface area contributed by atoms with Crippen LogP contribution < -0.4 is 5.73 Å². The van der Waals surface area contributed by atoms with Crippen molar-refractivity contribution in [1.82, 2.24) is 0 Å². The molecule has 0 amide bonds. The van der Waals surface area contributed by atoms with E-state index in [4.69, 9.17) is 5.73 Å². The number of hydrogen-bond acceptors (Lipinski definition) is 4. The molecule has 0 saturated carbocycles. The Balaban J connectivity index is 2.93. The number of rotatable bonds is 2. The Labute approximate surface area is 75.9 Å². The lowest BCUT2D eigenvalue weighted by Gasteiger charge is -2.05. The van der Waals surface area contributed by atoms with E-state index in [2.05, 4.69) is 4.74 Å². The molecule has 0 aliphatic carbocycles. The third-order valence-corrected chi connectivity index (χ3v) is 1.74. The maximum absolute atomic E-state index is 10.9. The standard InChI is InChI=1S/C9H11NO3/c1-13-9(12)5-6-7(10)3-2-4-8(6)11/h2-4,11H,5,10H2,1H3.